The fourth-order valence-corrected chi connectivity index (χ4v) is 8.31. The molecule has 43 heavy (non-hydrogen) atoms. The highest BCUT2D eigenvalue weighted by molar-refractivity contribution is 8.09. The molecule has 0 saturated carbocycles. The van der Waals surface area contributed by atoms with Crippen molar-refractivity contribution in [3.05, 3.63) is 88.4 Å². The molecule has 0 radical (unpaired) electrons. The molecule has 11 nitrogen and oxygen atoms in total. The largest absolute Gasteiger partial charge is 0.505 e. The van der Waals surface area contributed by atoms with E-state index in [1.807, 2.05) is 0 Å². The number of hydrogen-bond donors (Lipinski definition) is 1. The number of halogens is 1. The number of carbonyl (C=O) groups excluding carboxylic acids is 1. The van der Waals surface area contributed by atoms with Crippen LogP contribution in [0.15, 0.2) is 54.7 Å². The summed E-state index contributed by atoms with van der Waals surface area (Å²) in [6.07, 6.45) is 3.16. The molecule has 1 N–H and O–H groups in total. The highest BCUT2D eigenvalue weighted by Crippen LogP contribution is 2.46. The number of hydrogen-bond acceptors (Lipinski definition) is 9. The first-order valence-corrected chi connectivity index (χ1v) is 16.5. The average Bonchev–Trinajstić information content (AvgIpc) is 3.26. The molecule has 2 heterocycles. The van der Waals surface area contributed by atoms with Gasteiger partial charge in [0.05, 0.1) is 38.0 Å². The van der Waals surface area contributed by atoms with Crippen molar-refractivity contribution in [1.29, 1.82) is 0 Å². The van der Waals surface area contributed by atoms with Crippen LogP contribution in [0.5, 0.6) is 17.2 Å². The third-order valence-corrected chi connectivity index (χ3v) is 10.3. The smallest absolute Gasteiger partial charge is 0.258 e. The van der Waals surface area contributed by atoms with Crippen molar-refractivity contribution in [2.45, 2.75) is 19.5 Å². The number of rotatable bonds is 9. The maximum absolute atomic E-state index is 13.7. The SMILES string of the molecule is COc1ccc(CN2Cc3c(c(O)c4ncc(Cc5ccc(F)cc5)cc4c3N(S(C)(=O)=O)S(C)(=O)=O)C2=O)c(OC)c1. The first kappa shape index (κ1) is 30.0. The van der Waals surface area contributed by atoms with Crippen molar-refractivity contribution < 1.29 is 40.6 Å². The van der Waals surface area contributed by atoms with Gasteiger partial charge in [-0.3, -0.25) is 9.78 Å². The molecule has 1 aliphatic heterocycles. The molecule has 1 amide bonds. The van der Waals surface area contributed by atoms with Gasteiger partial charge in [0.2, 0.25) is 20.0 Å². The van der Waals surface area contributed by atoms with Gasteiger partial charge in [-0.1, -0.05) is 12.1 Å². The Hall–Kier alpha value is -4.43. The van der Waals surface area contributed by atoms with Crippen LogP contribution in [0.2, 0.25) is 0 Å². The molecular formula is C29H28FN3O8S2. The normalized spacial score (nSPS) is 13.3. The number of sulfonamides is 2. The standard InChI is InChI=1S/C29H28FN3O8S2/c1-40-21-10-7-19(24(13-21)41-2)15-32-16-23-25(29(32)35)28(34)26-22(27(23)33(42(3,36)37)43(4,38)39)12-18(14-31-26)11-17-5-8-20(30)9-6-17/h5-10,12-14,34H,11,15-16H2,1-4H3. The van der Waals surface area contributed by atoms with Crippen molar-refractivity contribution in [2.24, 2.45) is 0 Å². The van der Waals surface area contributed by atoms with Crippen molar-refractivity contribution in [3.8, 4) is 17.2 Å². The molecule has 0 unspecified atom stereocenters. The Balaban J connectivity index is 1.71. The molecule has 3 aromatic carbocycles. The molecule has 0 fully saturated rings. The van der Waals surface area contributed by atoms with E-state index in [0.717, 1.165) is 12.5 Å². The molecule has 0 spiro atoms. The molecule has 1 aliphatic rings. The second kappa shape index (κ2) is 11.0. The predicted molar refractivity (Wildman–Crippen MR) is 158 cm³/mol. The highest BCUT2D eigenvalue weighted by atomic mass is 32.3. The van der Waals surface area contributed by atoms with Crippen LogP contribution in [-0.2, 0) is 39.6 Å². The number of pyridine rings is 1. The second-order valence-electron chi connectivity index (χ2n) is 10.2. The molecule has 5 rings (SSSR count). The Labute approximate surface area is 248 Å². The minimum Gasteiger partial charge on any atom is -0.505 e. The zero-order chi connectivity index (χ0) is 31.3. The van der Waals surface area contributed by atoms with Crippen molar-refractivity contribution in [1.82, 2.24) is 9.88 Å². The average molecular weight is 630 g/mol. The number of carbonyl (C=O) groups is 1. The van der Waals surface area contributed by atoms with E-state index in [-0.39, 0.29) is 50.9 Å². The van der Waals surface area contributed by atoms with Crippen LogP contribution in [0.3, 0.4) is 0 Å². The molecule has 0 bridgehead atoms. The number of ether oxygens (including phenoxy) is 2. The highest BCUT2D eigenvalue weighted by Gasteiger charge is 2.41. The van der Waals surface area contributed by atoms with E-state index >= 15 is 0 Å². The summed E-state index contributed by atoms with van der Waals surface area (Å²) in [6.45, 7) is -0.219. The van der Waals surface area contributed by atoms with E-state index in [4.69, 9.17) is 9.47 Å². The minimum atomic E-state index is -4.46. The predicted octanol–water partition coefficient (Wildman–Crippen LogP) is 3.57. The molecular weight excluding hydrogens is 601 g/mol. The summed E-state index contributed by atoms with van der Waals surface area (Å²) in [5.41, 5.74) is 1.17. The Morgan fingerprint density at radius 1 is 0.977 bits per heavy atom. The van der Waals surface area contributed by atoms with Gasteiger partial charge in [0.25, 0.3) is 5.91 Å². The van der Waals surface area contributed by atoms with Crippen LogP contribution in [0.25, 0.3) is 10.9 Å². The lowest BCUT2D eigenvalue weighted by molar-refractivity contribution is 0.0763. The van der Waals surface area contributed by atoms with Gasteiger partial charge in [0, 0.05) is 41.9 Å². The second-order valence-corrected chi connectivity index (χ2v) is 14.0. The van der Waals surface area contributed by atoms with Crippen LogP contribution in [0.1, 0.15) is 32.6 Å². The van der Waals surface area contributed by atoms with Gasteiger partial charge in [-0.15, -0.1) is 0 Å². The first-order valence-electron chi connectivity index (χ1n) is 12.8. The number of benzene rings is 3. The van der Waals surface area contributed by atoms with Crippen molar-refractivity contribution in [3.63, 3.8) is 0 Å². The van der Waals surface area contributed by atoms with E-state index in [1.54, 1.807) is 30.3 Å². The summed E-state index contributed by atoms with van der Waals surface area (Å²) in [5.74, 6) is -0.603. The number of methoxy groups -OCH3 is 2. The first-order chi connectivity index (χ1) is 20.2. The number of nitrogens with zero attached hydrogens (tertiary/aromatic N) is 3. The Morgan fingerprint density at radius 2 is 1.65 bits per heavy atom. The van der Waals surface area contributed by atoms with Gasteiger partial charge in [-0.2, -0.15) is 3.71 Å². The van der Waals surface area contributed by atoms with Crippen LogP contribution < -0.4 is 13.2 Å². The van der Waals surface area contributed by atoms with Gasteiger partial charge in [0.1, 0.15) is 22.8 Å². The fourth-order valence-electron chi connectivity index (χ4n) is 5.26. The van der Waals surface area contributed by atoms with E-state index in [1.165, 1.54) is 43.5 Å². The Bertz CT molecular complexity index is 1950. The Kier molecular flexibility index (Phi) is 7.69. The number of fused-ring (bicyclic) bond motifs is 2. The van der Waals surface area contributed by atoms with Gasteiger partial charge in [-0.25, -0.2) is 21.2 Å². The quantitative estimate of drug-likeness (QED) is 0.294. The maximum atomic E-state index is 13.7. The van der Waals surface area contributed by atoms with Gasteiger partial charge in [0.15, 0.2) is 5.75 Å². The lowest BCUT2D eigenvalue weighted by atomic mass is 9.99. The summed E-state index contributed by atoms with van der Waals surface area (Å²) >= 11 is 0. The zero-order valence-electron chi connectivity index (χ0n) is 23.7. The number of phenolic OH excluding ortho intramolecular Hbond substituents is 1. The molecule has 0 saturated heterocycles. The number of amides is 1. The van der Waals surface area contributed by atoms with E-state index in [0.29, 0.717) is 28.2 Å². The molecule has 0 atom stereocenters. The monoisotopic (exact) mass is 629 g/mol. The third-order valence-electron chi connectivity index (χ3n) is 7.06. The van der Waals surface area contributed by atoms with E-state index in [9.17, 15) is 31.1 Å². The van der Waals surface area contributed by atoms with Crippen LogP contribution >= 0.6 is 0 Å². The maximum Gasteiger partial charge on any atom is 0.258 e. The van der Waals surface area contributed by atoms with E-state index < -0.39 is 37.5 Å². The van der Waals surface area contributed by atoms with Crippen molar-refractivity contribution in [2.75, 3.05) is 30.4 Å². The topological polar surface area (TPSA) is 143 Å². The molecule has 1 aromatic heterocycles. The fraction of sp³-hybridized carbons (Fsp3) is 0.241. The number of aromatic nitrogens is 1. The molecule has 4 aromatic rings. The summed E-state index contributed by atoms with van der Waals surface area (Å²) in [4.78, 5) is 19.4. The van der Waals surface area contributed by atoms with Crippen LogP contribution in [-0.4, -0.2) is 64.5 Å². The van der Waals surface area contributed by atoms with Crippen LogP contribution in [0.4, 0.5) is 10.1 Å². The van der Waals surface area contributed by atoms with E-state index in [2.05, 4.69) is 4.98 Å². The minimum absolute atomic E-state index is 0.00307. The van der Waals surface area contributed by atoms with Gasteiger partial charge < -0.3 is 19.5 Å². The summed E-state index contributed by atoms with van der Waals surface area (Å²) in [6, 6.07) is 12.3. The molecule has 14 heteroatoms. The lowest BCUT2D eigenvalue weighted by Gasteiger charge is -2.24. The molecule has 226 valence electrons. The number of aromatic hydroxyl groups is 1. The number of anilines is 1. The summed E-state index contributed by atoms with van der Waals surface area (Å²) in [7, 11) is -5.96. The summed E-state index contributed by atoms with van der Waals surface area (Å²) < 4.78 is 76.5. The van der Waals surface area contributed by atoms with Gasteiger partial charge in [-0.05, 0) is 47.9 Å². The summed E-state index contributed by atoms with van der Waals surface area (Å²) in [5, 5.41) is 11.3. The van der Waals surface area contributed by atoms with Crippen LogP contribution in [0, 0.1) is 5.82 Å². The zero-order valence-corrected chi connectivity index (χ0v) is 25.3. The van der Waals surface area contributed by atoms with Crippen molar-refractivity contribution >= 4 is 42.5 Å². The lowest BCUT2D eigenvalue weighted by Crippen LogP contribution is -2.36. The van der Waals surface area contributed by atoms with Gasteiger partial charge >= 0.3 is 0 Å². The molecule has 0 aliphatic carbocycles. The Morgan fingerprint density at radius 3 is 2.26 bits per heavy atom. The number of phenols is 1. The third kappa shape index (κ3) is 5.67.